The number of hydrogen-bond donors (Lipinski definition) is 2. The van der Waals surface area contributed by atoms with Crippen LogP contribution in [0.1, 0.15) is 16.8 Å². The van der Waals surface area contributed by atoms with Crippen molar-refractivity contribution in [3.8, 4) is 22.8 Å². The Morgan fingerprint density at radius 1 is 1.07 bits per heavy atom. The standard InChI is InChI=1S/C22H21N3O3/c26-22(24-15-7-8-23-13-15)17-12-19(25-18-4-2-1-3-16(17)18)14-5-6-20-21(11-14)28-10-9-27-20/h1-6,11-12,15,23H,7-10,13H2,(H,24,26). The van der Waals surface area contributed by atoms with Crippen molar-refractivity contribution in [1.29, 1.82) is 0 Å². The van der Waals surface area contributed by atoms with Crippen LogP contribution in [0.3, 0.4) is 0 Å². The fraction of sp³-hybridized carbons (Fsp3) is 0.273. The molecule has 3 aromatic rings. The summed E-state index contributed by atoms with van der Waals surface area (Å²) in [5.41, 5.74) is 3.07. The van der Waals surface area contributed by atoms with E-state index in [2.05, 4.69) is 10.6 Å². The highest BCUT2D eigenvalue weighted by atomic mass is 16.6. The van der Waals surface area contributed by atoms with Gasteiger partial charge in [0.1, 0.15) is 13.2 Å². The number of hydrogen-bond acceptors (Lipinski definition) is 5. The summed E-state index contributed by atoms with van der Waals surface area (Å²) in [6.07, 6.45) is 0.948. The van der Waals surface area contributed by atoms with Crippen LogP contribution in [0.5, 0.6) is 11.5 Å². The number of nitrogens with zero attached hydrogens (tertiary/aromatic N) is 1. The van der Waals surface area contributed by atoms with Gasteiger partial charge in [-0.2, -0.15) is 0 Å². The number of benzene rings is 2. The molecule has 0 spiro atoms. The molecule has 1 saturated heterocycles. The van der Waals surface area contributed by atoms with Gasteiger partial charge >= 0.3 is 0 Å². The number of rotatable bonds is 3. The monoisotopic (exact) mass is 375 g/mol. The summed E-state index contributed by atoms with van der Waals surface area (Å²) in [6.45, 7) is 2.83. The molecule has 0 radical (unpaired) electrons. The first-order chi connectivity index (χ1) is 13.8. The number of aromatic nitrogens is 1. The van der Waals surface area contributed by atoms with Crippen LogP contribution in [0.4, 0.5) is 0 Å². The van der Waals surface area contributed by atoms with Crippen LogP contribution in [-0.4, -0.2) is 43.2 Å². The van der Waals surface area contributed by atoms with Crippen LogP contribution in [0.25, 0.3) is 22.2 Å². The topological polar surface area (TPSA) is 72.5 Å². The van der Waals surface area contributed by atoms with Gasteiger partial charge in [0, 0.05) is 23.5 Å². The molecule has 1 unspecified atom stereocenters. The Balaban J connectivity index is 1.57. The number of nitrogens with one attached hydrogen (secondary N) is 2. The highest BCUT2D eigenvalue weighted by molar-refractivity contribution is 6.07. The molecular formula is C22H21N3O3. The van der Waals surface area contributed by atoms with Crippen molar-refractivity contribution in [3.63, 3.8) is 0 Å². The van der Waals surface area contributed by atoms with Gasteiger partial charge in [0.25, 0.3) is 5.91 Å². The van der Waals surface area contributed by atoms with Gasteiger partial charge in [-0.15, -0.1) is 0 Å². The van der Waals surface area contributed by atoms with Gasteiger partial charge in [-0.05, 0) is 43.3 Å². The largest absolute Gasteiger partial charge is 0.486 e. The molecule has 2 N–H and O–H groups in total. The van der Waals surface area contributed by atoms with Gasteiger partial charge in [0.15, 0.2) is 11.5 Å². The van der Waals surface area contributed by atoms with E-state index in [0.717, 1.165) is 47.4 Å². The zero-order valence-corrected chi connectivity index (χ0v) is 15.4. The Labute approximate surface area is 162 Å². The lowest BCUT2D eigenvalue weighted by molar-refractivity contribution is 0.0941. The fourth-order valence-electron chi connectivity index (χ4n) is 3.75. The van der Waals surface area contributed by atoms with Gasteiger partial charge in [0.05, 0.1) is 16.8 Å². The molecule has 2 aliphatic rings. The van der Waals surface area contributed by atoms with Crippen LogP contribution in [0, 0.1) is 0 Å². The molecule has 142 valence electrons. The molecule has 1 amide bonds. The zero-order chi connectivity index (χ0) is 18.9. The van der Waals surface area contributed by atoms with E-state index in [1.807, 2.05) is 48.5 Å². The number of ether oxygens (including phenoxy) is 2. The van der Waals surface area contributed by atoms with Crippen molar-refractivity contribution < 1.29 is 14.3 Å². The zero-order valence-electron chi connectivity index (χ0n) is 15.4. The number of carbonyl (C=O) groups excluding carboxylic acids is 1. The second-order valence-electron chi connectivity index (χ2n) is 7.09. The van der Waals surface area contributed by atoms with Crippen molar-refractivity contribution in [2.75, 3.05) is 26.3 Å². The normalized spacial score (nSPS) is 18.2. The van der Waals surface area contributed by atoms with Crippen LogP contribution in [0.2, 0.25) is 0 Å². The van der Waals surface area contributed by atoms with E-state index in [4.69, 9.17) is 14.5 Å². The third-order valence-corrected chi connectivity index (χ3v) is 5.19. The van der Waals surface area contributed by atoms with E-state index < -0.39 is 0 Å². The summed E-state index contributed by atoms with van der Waals surface area (Å²) in [4.78, 5) is 17.8. The minimum Gasteiger partial charge on any atom is -0.486 e. The SMILES string of the molecule is O=C(NC1CCNC1)c1cc(-c2ccc3c(c2)OCCO3)nc2ccccc12. The molecule has 0 bridgehead atoms. The Bertz CT molecular complexity index is 1040. The molecule has 2 aromatic carbocycles. The van der Waals surface area contributed by atoms with E-state index in [1.165, 1.54) is 0 Å². The molecule has 6 heteroatoms. The fourth-order valence-corrected chi connectivity index (χ4v) is 3.75. The average molecular weight is 375 g/mol. The lowest BCUT2D eigenvalue weighted by Crippen LogP contribution is -2.36. The minimum absolute atomic E-state index is 0.0638. The number of fused-ring (bicyclic) bond motifs is 2. The third kappa shape index (κ3) is 3.16. The first-order valence-electron chi connectivity index (χ1n) is 9.59. The molecule has 1 aromatic heterocycles. The van der Waals surface area contributed by atoms with Gasteiger partial charge in [-0.3, -0.25) is 4.79 Å². The average Bonchev–Trinajstić information content (AvgIpc) is 3.25. The molecule has 1 fully saturated rings. The summed E-state index contributed by atoms with van der Waals surface area (Å²) < 4.78 is 11.3. The molecule has 2 aliphatic heterocycles. The van der Waals surface area contributed by atoms with E-state index in [9.17, 15) is 4.79 Å². The van der Waals surface area contributed by atoms with Gasteiger partial charge in [0.2, 0.25) is 0 Å². The highest BCUT2D eigenvalue weighted by Gasteiger charge is 2.21. The Morgan fingerprint density at radius 2 is 1.93 bits per heavy atom. The first-order valence-corrected chi connectivity index (χ1v) is 9.59. The maximum Gasteiger partial charge on any atom is 0.252 e. The molecule has 6 nitrogen and oxygen atoms in total. The Kier molecular flexibility index (Phi) is 4.33. The lowest BCUT2D eigenvalue weighted by Gasteiger charge is -2.19. The smallest absolute Gasteiger partial charge is 0.252 e. The summed E-state index contributed by atoms with van der Waals surface area (Å²) in [6, 6.07) is 15.5. The quantitative estimate of drug-likeness (QED) is 0.737. The number of pyridine rings is 1. The minimum atomic E-state index is -0.0638. The molecule has 1 atom stereocenters. The summed E-state index contributed by atoms with van der Waals surface area (Å²) in [5.74, 6) is 1.38. The molecule has 3 heterocycles. The van der Waals surface area contributed by atoms with Gasteiger partial charge in [-0.1, -0.05) is 18.2 Å². The number of carbonyl (C=O) groups is 1. The Hall–Kier alpha value is -3.12. The van der Waals surface area contributed by atoms with Gasteiger partial charge < -0.3 is 20.1 Å². The van der Waals surface area contributed by atoms with Crippen molar-refractivity contribution >= 4 is 16.8 Å². The van der Waals surface area contributed by atoms with Crippen LogP contribution >= 0.6 is 0 Å². The molecule has 28 heavy (non-hydrogen) atoms. The van der Waals surface area contributed by atoms with Crippen LogP contribution in [0.15, 0.2) is 48.5 Å². The second kappa shape index (κ2) is 7.13. The van der Waals surface area contributed by atoms with Crippen LogP contribution in [-0.2, 0) is 0 Å². The molecule has 5 rings (SSSR count). The summed E-state index contributed by atoms with van der Waals surface area (Å²) in [5, 5.41) is 7.28. The number of amides is 1. The highest BCUT2D eigenvalue weighted by Crippen LogP contribution is 2.35. The predicted octanol–water partition coefficient (Wildman–Crippen LogP) is 2.76. The Morgan fingerprint density at radius 3 is 2.79 bits per heavy atom. The lowest BCUT2D eigenvalue weighted by atomic mass is 10.0. The van der Waals surface area contributed by atoms with Crippen molar-refractivity contribution in [2.24, 2.45) is 0 Å². The first kappa shape index (κ1) is 17.0. The van der Waals surface area contributed by atoms with E-state index in [0.29, 0.717) is 24.5 Å². The van der Waals surface area contributed by atoms with Crippen LogP contribution < -0.4 is 20.1 Å². The maximum atomic E-state index is 13.0. The van der Waals surface area contributed by atoms with E-state index in [1.54, 1.807) is 0 Å². The molecule has 0 saturated carbocycles. The summed E-state index contributed by atoms with van der Waals surface area (Å²) in [7, 11) is 0. The van der Waals surface area contributed by atoms with Gasteiger partial charge in [-0.25, -0.2) is 4.98 Å². The van der Waals surface area contributed by atoms with Crippen molar-refractivity contribution in [1.82, 2.24) is 15.6 Å². The molecule has 0 aliphatic carbocycles. The van der Waals surface area contributed by atoms with Crippen molar-refractivity contribution in [2.45, 2.75) is 12.5 Å². The predicted molar refractivity (Wildman–Crippen MR) is 107 cm³/mol. The second-order valence-corrected chi connectivity index (χ2v) is 7.09. The summed E-state index contributed by atoms with van der Waals surface area (Å²) >= 11 is 0. The molecular weight excluding hydrogens is 354 g/mol. The maximum absolute atomic E-state index is 13.0. The van der Waals surface area contributed by atoms with E-state index >= 15 is 0 Å². The van der Waals surface area contributed by atoms with E-state index in [-0.39, 0.29) is 11.9 Å². The van der Waals surface area contributed by atoms with Crippen molar-refractivity contribution in [3.05, 3.63) is 54.1 Å². The third-order valence-electron chi connectivity index (χ3n) is 5.19. The number of para-hydroxylation sites is 1.